The fourth-order valence-electron chi connectivity index (χ4n) is 1.95. The molecule has 0 aliphatic heterocycles. The summed E-state index contributed by atoms with van der Waals surface area (Å²) in [7, 11) is 0. The van der Waals surface area contributed by atoms with E-state index in [2.05, 4.69) is 43.2 Å². The van der Waals surface area contributed by atoms with Gasteiger partial charge in [-0.2, -0.15) is 0 Å². The molecule has 0 aromatic heterocycles. The van der Waals surface area contributed by atoms with Gasteiger partial charge in [0.15, 0.2) is 0 Å². The fraction of sp³-hybridized carbons (Fsp3) is 0.188. The number of hydrogen-bond donors (Lipinski definition) is 1. The lowest BCUT2D eigenvalue weighted by atomic mass is 10.1. The molecule has 0 unspecified atom stereocenters. The first-order valence-corrected chi connectivity index (χ1v) is 8.81. The Bertz CT molecular complexity index is 646. The molecule has 1 amide bonds. The minimum atomic E-state index is -0.209. The zero-order chi connectivity index (χ0) is 15.2. The maximum absolute atomic E-state index is 12.3. The van der Waals surface area contributed by atoms with Crippen LogP contribution in [0.3, 0.4) is 0 Å². The molecule has 0 atom stereocenters. The Morgan fingerprint density at radius 3 is 2.71 bits per heavy atom. The third-order valence-corrected chi connectivity index (χ3v) is 4.84. The molecule has 2 rings (SSSR count). The summed E-state index contributed by atoms with van der Waals surface area (Å²) in [5.41, 5.74) is 2.44. The number of hydrogen-bond acceptors (Lipinski definition) is 1. The van der Waals surface area contributed by atoms with Crippen LogP contribution in [0.25, 0.3) is 0 Å². The highest BCUT2D eigenvalue weighted by atomic mass is 79.9. The molecule has 0 fully saturated rings. The number of rotatable bonds is 5. The van der Waals surface area contributed by atoms with E-state index in [4.69, 9.17) is 11.6 Å². The topological polar surface area (TPSA) is 29.1 Å². The van der Waals surface area contributed by atoms with E-state index in [-0.39, 0.29) is 5.91 Å². The first-order valence-electron chi connectivity index (χ1n) is 6.52. The van der Waals surface area contributed by atoms with E-state index in [0.717, 1.165) is 23.9 Å². The molecule has 21 heavy (non-hydrogen) atoms. The third-order valence-electron chi connectivity index (χ3n) is 2.98. The fourth-order valence-corrected chi connectivity index (χ4v) is 2.81. The van der Waals surface area contributed by atoms with Crippen LogP contribution in [0.4, 0.5) is 5.69 Å². The summed E-state index contributed by atoms with van der Waals surface area (Å²) in [5, 5.41) is 4.28. The van der Waals surface area contributed by atoms with Gasteiger partial charge in [-0.1, -0.05) is 45.7 Å². The maximum Gasteiger partial charge on any atom is 0.257 e. The summed E-state index contributed by atoms with van der Waals surface area (Å²) in [5.74, 6) is -0.209. The van der Waals surface area contributed by atoms with Crippen LogP contribution in [0.15, 0.2) is 46.9 Å². The minimum Gasteiger partial charge on any atom is -0.322 e. The van der Waals surface area contributed by atoms with E-state index in [1.807, 2.05) is 18.2 Å². The van der Waals surface area contributed by atoms with Crippen LogP contribution in [0, 0.1) is 0 Å². The molecule has 1 N–H and O–H groups in total. The predicted molar refractivity (Wildman–Crippen MR) is 95.7 cm³/mol. The molecule has 5 heteroatoms. The number of amides is 1. The number of benzene rings is 2. The van der Waals surface area contributed by atoms with E-state index in [1.165, 1.54) is 5.56 Å². The molecule has 0 radical (unpaired) electrons. The minimum absolute atomic E-state index is 0.209. The monoisotopic (exact) mass is 429 g/mol. The van der Waals surface area contributed by atoms with Crippen molar-refractivity contribution in [2.45, 2.75) is 12.8 Å². The van der Waals surface area contributed by atoms with E-state index >= 15 is 0 Å². The Kier molecular flexibility index (Phi) is 6.27. The number of nitrogens with one attached hydrogen (secondary N) is 1. The number of alkyl halides is 1. The average Bonchev–Trinajstić information content (AvgIpc) is 2.48. The average molecular weight is 432 g/mol. The normalized spacial score (nSPS) is 10.4. The van der Waals surface area contributed by atoms with Gasteiger partial charge < -0.3 is 5.32 Å². The van der Waals surface area contributed by atoms with Gasteiger partial charge in [-0.25, -0.2) is 0 Å². The summed E-state index contributed by atoms with van der Waals surface area (Å²) in [6.07, 6.45) is 2.04. The standard InChI is InChI=1S/C16H14Br2ClNO/c17-9-3-5-11-4-1-6-12(10-11)20-16(21)13-7-2-8-14(18)15(13)19/h1-2,4,6-8,10H,3,5,9H2,(H,20,21). The first kappa shape index (κ1) is 16.5. The van der Waals surface area contributed by atoms with Crippen molar-refractivity contribution < 1.29 is 4.79 Å². The number of carbonyl (C=O) groups excluding carboxylic acids is 1. The molecule has 0 heterocycles. The van der Waals surface area contributed by atoms with Crippen LogP contribution in [-0.4, -0.2) is 11.2 Å². The second-order valence-corrected chi connectivity index (χ2v) is 6.57. The molecule has 0 spiro atoms. The molecule has 0 saturated heterocycles. The van der Waals surface area contributed by atoms with Crippen molar-refractivity contribution in [1.29, 1.82) is 0 Å². The lowest BCUT2D eigenvalue weighted by Crippen LogP contribution is -2.12. The molecular weight excluding hydrogens is 417 g/mol. The summed E-state index contributed by atoms with van der Waals surface area (Å²) in [6, 6.07) is 13.2. The Balaban J connectivity index is 2.14. The molecule has 0 saturated carbocycles. The molecule has 2 aromatic rings. The van der Waals surface area contributed by atoms with Gasteiger partial charge in [0.1, 0.15) is 0 Å². The Morgan fingerprint density at radius 2 is 1.95 bits per heavy atom. The van der Waals surface area contributed by atoms with Crippen LogP contribution in [0.5, 0.6) is 0 Å². The van der Waals surface area contributed by atoms with Gasteiger partial charge in [-0.3, -0.25) is 4.79 Å². The van der Waals surface area contributed by atoms with Gasteiger partial charge in [-0.05, 0) is 58.6 Å². The lowest BCUT2D eigenvalue weighted by molar-refractivity contribution is 0.102. The molecule has 110 valence electrons. The van der Waals surface area contributed by atoms with Gasteiger partial charge in [0, 0.05) is 15.5 Å². The van der Waals surface area contributed by atoms with Crippen LogP contribution < -0.4 is 5.32 Å². The van der Waals surface area contributed by atoms with Crippen molar-refractivity contribution in [1.82, 2.24) is 0 Å². The van der Waals surface area contributed by atoms with Crippen molar-refractivity contribution in [2.75, 3.05) is 10.6 Å². The summed E-state index contributed by atoms with van der Waals surface area (Å²) in [6.45, 7) is 0. The lowest BCUT2D eigenvalue weighted by Gasteiger charge is -2.09. The molecule has 2 aromatic carbocycles. The smallest absolute Gasteiger partial charge is 0.257 e. The van der Waals surface area contributed by atoms with Crippen molar-refractivity contribution in [2.24, 2.45) is 0 Å². The highest BCUT2D eigenvalue weighted by Crippen LogP contribution is 2.26. The zero-order valence-corrected chi connectivity index (χ0v) is 15.1. The Hall–Kier alpha value is -0.840. The van der Waals surface area contributed by atoms with Crippen LogP contribution >= 0.6 is 43.5 Å². The molecule has 0 aliphatic carbocycles. The number of anilines is 1. The van der Waals surface area contributed by atoms with Gasteiger partial charge in [0.05, 0.1) is 10.6 Å². The predicted octanol–water partition coefficient (Wildman–Crippen LogP) is 5.68. The van der Waals surface area contributed by atoms with E-state index in [0.29, 0.717) is 15.1 Å². The van der Waals surface area contributed by atoms with Crippen molar-refractivity contribution in [3.8, 4) is 0 Å². The van der Waals surface area contributed by atoms with Crippen LogP contribution in [-0.2, 0) is 6.42 Å². The molecular formula is C16H14Br2ClNO. The van der Waals surface area contributed by atoms with E-state index < -0.39 is 0 Å². The van der Waals surface area contributed by atoms with Crippen LogP contribution in [0.2, 0.25) is 5.02 Å². The van der Waals surface area contributed by atoms with E-state index in [9.17, 15) is 4.79 Å². The third kappa shape index (κ3) is 4.56. The van der Waals surface area contributed by atoms with Gasteiger partial charge >= 0.3 is 0 Å². The Labute approximate surface area is 146 Å². The highest BCUT2D eigenvalue weighted by molar-refractivity contribution is 9.10. The molecule has 0 aliphatic rings. The van der Waals surface area contributed by atoms with Crippen molar-refractivity contribution in [3.63, 3.8) is 0 Å². The van der Waals surface area contributed by atoms with E-state index in [1.54, 1.807) is 18.2 Å². The first-order chi connectivity index (χ1) is 10.1. The molecule has 2 nitrogen and oxygen atoms in total. The van der Waals surface area contributed by atoms with Crippen LogP contribution in [0.1, 0.15) is 22.3 Å². The second-order valence-electron chi connectivity index (χ2n) is 4.55. The second kappa shape index (κ2) is 7.97. The van der Waals surface area contributed by atoms with Gasteiger partial charge in [0.25, 0.3) is 5.91 Å². The maximum atomic E-state index is 12.3. The Morgan fingerprint density at radius 1 is 1.19 bits per heavy atom. The van der Waals surface area contributed by atoms with Crippen molar-refractivity contribution in [3.05, 3.63) is 63.1 Å². The largest absolute Gasteiger partial charge is 0.322 e. The quantitative estimate of drug-likeness (QED) is 0.606. The van der Waals surface area contributed by atoms with Gasteiger partial charge in [0.2, 0.25) is 0 Å². The SMILES string of the molecule is O=C(Nc1cccc(CCCBr)c1)c1cccc(Br)c1Cl. The number of carbonyl (C=O) groups is 1. The summed E-state index contributed by atoms with van der Waals surface area (Å²) < 4.78 is 0.711. The van der Waals surface area contributed by atoms with Gasteiger partial charge in [-0.15, -0.1) is 0 Å². The number of halogens is 3. The summed E-state index contributed by atoms with van der Waals surface area (Å²) in [4.78, 5) is 12.3. The highest BCUT2D eigenvalue weighted by Gasteiger charge is 2.12. The zero-order valence-electron chi connectivity index (χ0n) is 11.2. The number of aryl methyl sites for hydroxylation is 1. The molecule has 0 bridgehead atoms. The summed E-state index contributed by atoms with van der Waals surface area (Å²) >= 11 is 12.9. The van der Waals surface area contributed by atoms with Crippen molar-refractivity contribution >= 4 is 55.1 Å².